The van der Waals surface area contributed by atoms with Gasteiger partial charge in [-0.05, 0) is 42.8 Å². The van der Waals surface area contributed by atoms with E-state index >= 15 is 0 Å². The van der Waals surface area contributed by atoms with Crippen molar-refractivity contribution in [2.75, 3.05) is 12.4 Å². The molecule has 1 aromatic carbocycles. The van der Waals surface area contributed by atoms with Crippen molar-refractivity contribution in [2.45, 2.75) is 19.4 Å². The van der Waals surface area contributed by atoms with Crippen LogP contribution >= 0.6 is 11.3 Å². The van der Waals surface area contributed by atoms with Crippen molar-refractivity contribution in [3.63, 3.8) is 0 Å². The summed E-state index contributed by atoms with van der Waals surface area (Å²) >= 11 is 1.27. The molecule has 30 heavy (non-hydrogen) atoms. The van der Waals surface area contributed by atoms with Crippen LogP contribution in [0.2, 0.25) is 0 Å². The highest BCUT2D eigenvalue weighted by atomic mass is 32.1. The van der Waals surface area contributed by atoms with Gasteiger partial charge in [0.25, 0.3) is 5.56 Å². The van der Waals surface area contributed by atoms with Gasteiger partial charge < -0.3 is 10.1 Å². The number of benzene rings is 1. The van der Waals surface area contributed by atoms with Gasteiger partial charge in [-0.25, -0.2) is 14.8 Å². The number of amides is 1. The van der Waals surface area contributed by atoms with E-state index in [0.29, 0.717) is 27.9 Å². The number of nitrogens with zero attached hydrogens (tertiary/aromatic N) is 3. The third kappa shape index (κ3) is 3.43. The Morgan fingerprint density at radius 2 is 1.97 bits per heavy atom. The van der Waals surface area contributed by atoms with Crippen molar-refractivity contribution in [1.82, 2.24) is 14.5 Å². The average Bonchev–Trinajstić information content (AvgIpc) is 3.15. The molecule has 4 aromatic rings. The van der Waals surface area contributed by atoms with E-state index in [4.69, 9.17) is 0 Å². The van der Waals surface area contributed by atoms with E-state index in [-0.39, 0.29) is 11.5 Å². The number of anilines is 1. The van der Waals surface area contributed by atoms with Crippen LogP contribution in [0.5, 0.6) is 0 Å². The summed E-state index contributed by atoms with van der Waals surface area (Å²) in [5.41, 5.74) is 1.22. The van der Waals surface area contributed by atoms with E-state index in [0.717, 1.165) is 10.2 Å². The van der Waals surface area contributed by atoms with E-state index in [9.17, 15) is 14.4 Å². The summed E-state index contributed by atoms with van der Waals surface area (Å²) < 4.78 is 6.50. The molecule has 9 heteroatoms. The molecule has 1 N–H and O–H groups in total. The highest BCUT2D eigenvalue weighted by molar-refractivity contribution is 7.25. The zero-order chi connectivity index (χ0) is 21.3. The largest absolute Gasteiger partial charge is 0.465 e. The molecule has 8 nitrogen and oxygen atoms in total. The first-order valence-corrected chi connectivity index (χ1v) is 10.1. The number of rotatable bonds is 5. The van der Waals surface area contributed by atoms with E-state index in [1.165, 1.54) is 29.3 Å². The maximum atomic E-state index is 13.1. The van der Waals surface area contributed by atoms with Crippen molar-refractivity contribution >= 4 is 49.3 Å². The third-order valence-corrected chi connectivity index (χ3v) is 5.87. The molecule has 0 spiro atoms. The highest BCUT2D eigenvalue weighted by Gasteiger charge is 2.22. The molecular formula is C21H18N4O4S. The third-order valence-electron chi connectivity index (χ3n) is 4.78. The van der Waals surface area contributed by atoms with Gasteiger partial charge >= 0.3 is 5.97 Å². The van der Waals surface area contributed by atoms with Gasteiger partial charge in [0.15, 0.2) is 0 Å². The Hall–Kier alpha value is -3.59. The summed E-state index contributed by atoms with van der Waals surface area (Å²) in [4.78, 5) is 47.0. The lowest BCUT2D eigenvalue weighted by Crippen LogP contribution is -2.33. The zero-order valence-electron chi connectivity index (χ0n) is 16.3. The summed E-state index contributed by atoms with van der Waals surface area (Å²) in [6, 6.07) is 9.29. The number of carbonyl (C=O) groups excluding carboxylic acids is 2. The van der Waals surface area contributed by atoms with Crippen molar-refractivity contribution in [3.05, 3.63) is 64.8 Å². The first-order valence-electron chi connectivity index (χ1n) is 9.27. The molecular weight excluding hydrogens is 404 g/mol. The second-order valence-corrected chi connectivity index (χ2v) is 7.57. The number of carbonyl (C=O) groups is 2. The molecule has 152 valence electrons. The molecule has 0 aliphatic carbocycles. The predicted octanol–water partition coefficient (Wildman–Crippen LogP) is 3.38. The fourth-order valence-electron chi connectivity index (χ4n) is 3.25. The summed E-state index contributed by atoms with van der Waals surface area (Å²) in [5, 5.41) is 3.61. The van der Waals surface area contributed by atoms with Crippen LogP contribution in [0.1, 0.15) is 29.7 Å². The number of nitrogens with one attached hydrogen (secondary N) is 1. The molecule has 0 aliphatic rings. The Kier molecular flexibility index (Phi) is 5.28. The van der Waals surface area contributed by atoms with Gasteiger partial charge in [-0.15, -0.1) is 11.3 Å². The molecule has 0 fully saturated rings. The monoisotopic (exact) mass is 422 g/mol. The highest BCUT2D eigenvalue weighted by Crippen LogP contribution is 2.28. The van der Waals surface area contributed by atoms with Crippen LogP contribution in [-0.2, 0) is 9.53 Å². The molecule has 0 saturated heterocycles. The van der Waals surface area contributed by atoms with Crippen LogP contribution in [0.15, 0.2) is 53.7 Å². The molecule has 4 rings (SSSR count). The van der Waals surface area contributed by atoms with Gasteiger partial charge in [-0.2, -0.15) is 0 Å². The fraction of sp³-hybridized carbons (Fsp3) is 0.190. The first kappa shape index (κ1) is 19.7. The second kappa shape index (κ2) is 8.03. The minimum absolute atomic E-state index is 0.272. The van der Waals surface area contributed by atoms with Crippen molar-refractivity contribution in [1.29, 1.82) is 0 Å². The van der Waals surface area contributed by atoms with Crippen molar-refractivity contribution < 1.29 is 14.3 Å². The minimum atomic E-state index is -0.729. The maximum Gasteiger partial charge on any atom is 0.337 e. The second-order valence-electron chi connectivity index (χ2n) is 6.58. The number of thiophene rings is 1. The smallest absolute Gasteiger partial charge is 0.337 e. The molecule has 0 radical (unpaired) electrons. The van der Waals surface area contributed by atoms with E-state index < -0.39 is 12.0 Å². The standard InChI is InChI=1S/C21H18N4O4S/c1-3-15(18(26)24-13-8-6-12(7-9-13)21(28)29-2)25-11-23-16-14-5-4-10-22-19(14)30-17(16)20(25)27/h4-11,15H,3H2,1-2H3,(H,24,26). The van der Waals surface area contributed by atoms with Gasteiger partial charge in [-0.1, -0.05) is 6.92 Å². The van der Waals surface area contributed by atoms with Crippen LogP contribution < -0.4 is 10.9 Å². The lowest BCUT2D eigenvalue weighted by molar-refractivity contribution is -0.119. The number of ether oxygens (including phenoxy) is 1. The van der Waals surface area contributed by atoms with Crippen LogP contribution in [0.3, 0.4) is 0 Å². The Bertz CT molecular complexity index is 1310. The fourth-order valence-corrected chi connectivity index (χ4v) is 4.28. The Morgan fingerprint density at radius 1 is 1.20 bits per heavy atom. The van der Waals surface area contributed by atoms with Crippen molar-refractivity contribution in [3.8, 4) is 0 Å². The van der Waals surface area contributed by atoms with Gasteiger partial charge in [0.05, 0.1) is 24.5 Å². The molecule has 1 amide bonds. The molecule has 1 unspecified atom stereocenters. The number of pyridine rings is 1. The average molecular weight is 422 g/mol. The topological polar surface area (TPSA) is 103 Å². The Labute approximate surface area is 175 Å². The van der Waals surface area contributed by atoms with Gasteiger partial charge in [0, 0.05) is 17.3 Å². The number of fused-ring (bicyclic) bond motifs is 3. The van der Waals surface area contributed by atoms with Crippen LogP contribution in [-0.4, -0.2) is 33.5 Å². The zero-order valence-corrected chi connectivity index (χ0v) is 17.1. The number of hydrogen-bond acceptors (Lipinski definition) is 7. The SMILES string of the molecule is CCC(C(=O)Nc1ccc(C(=O)OC)cc1)n1cnc2c(sc3ncccc32)c1=O. The first-order chi connectivity index (χ1) is 14.5. The lowest BCUT2D eigenvalue weighted by atomic mass is 10.1. The molecule has 0 bridgehead atoms. The number of aromatic nitrogens is 3. The molecule has 3 aromatic heterocycles. The maximum absolute atomic E-state index is 13.1. The number of methoxy groups -OCH3 is 1. The minimum Gasteiger partial charge on any atom is -0.465 e. The molecule has 0 saturated carbocycles. The van der Waals surface area contributed by atoms with Gasteiger partial charge in [0.2, 0.25) is 5.91 Å². The van der Waals surface area contributed by atoms with Crippen LogP contribution in [0.4, 0.5) is 5.69 Å². The quantitative estimate of drug-likeness (QED) is 0.495. The van der Waals surface area contributed by atoms with Crippen molar-refractivity contribution in [2.24, 2.45) is 0 Å². The Balaban J connectivity index is 1.64. The predicted molar refractivity (Wildman–Crippen MR) is 115 cm³/mol. The molecule has 0 aliphatic heterocycles. The van der Waals surface area contributed by atoms with E-state index in [2.05, 4.69) is 20.0 Å². The van der Waals surface area contributed by atoms with E-state index in [1.807, 2.05) is 13.0 Å². The molecule has 3 heterocycles. The molecule has 1 atom stereocenters. The van der Waals surface area contributed by atoms with Crippen LogP contribution in [0, 0.1) is 0 Å². The van der Waals surface area contributed by atoms with Crippen LogP contribution in [0.25, 0.3) is 20.4 Å². The number of hydrogen-bond donors (Lipinski definition) is 1. The summed E-state index contributed by atoms with van der Waals surface area (Å²) in [5.74, 6) is -0.797. The van der Waals surface area contributed by atoms with Gasteiger partial charge in [0.1, 0.15) is 15.6 Å². The summed E-state index contributed by atoms with van der Waals surface area (Å²) in [7, 11) is 1.30. The summed E-state index contributed by atoms with van der Waals surface area (Å²) in [6.07, 6.45) is 3.49. The normalized spacial score (nSPS) is 12.1. The Morgan fingerprint density at radius 3 is 2.67 bits per heavy atom. The lowest BCUT2D eigenvalue weighted by Gasteiger charge is -2.17. The van der Waals surface area contributed by atoms with Gasteiger partial charge in [-0.3, -0.25) is 14.2 Å². The number of esters is 1. The van der Waals surface area contributed by atoms with E-state index in [1.54, 1.807) is 36.5 Å². The summed E-state index contributed by atoms with van der Waals surface area (Å²) in [6.45, 7) is 1.83.